The quantitative estimate of drug-likeness (QED) is 0.628. The minimum Gasteiger partial charge on any atom is -0.338 e. The van der Waals surface area contributed by atoms with Gasteiger partial charge in [-0.3, -0.25) is 9.78 Å². The van der Waals surface area contributed by atoms with Crippen molar-refractivity contribution in [3.05, 3.63) is 83.3 Å². The van der Waals surface area contributed by atoms with Crippen LogP contribution in [0.3, 0.4) is 0 Å². The van der Waals surface area contributed by atoms with Gasteiger partial charge in [-0.2, -0.15) is 0 Å². The number of carbonyl (C=O) groups is 1. The Kier molecular flexibility index (Phi) is 5.36. The SMILES string of the molecule is CN(Cc1cccnc1)C(=O)/C=C/c1ccc(-c2ccc(F)cc2)s1. The number of hydrogen-bond donors (Lipinski definition) is 0. The molecule has 0 aliphatic rings. The van der Waals surface area contributed by atoms with E-state index in [0.29, 0.717) is 6.54 Å². The summed E-state index contributed by atoms with van der Waals surface area (Å²) in [7, 11) is 1.76. The van der Waals surface area contributed by atoms with Crippen molar-refractivity contribution in [2.24, 2.45) is 0 Å². The zero-order chi connectivity index (χ0) is 17.6. The highest BCUT2D eigenvalue weighted by atomic mass is 32.1. The number of hydrogen-bond acceptors (Lipinski definition) is 3. The molecule has 0 fully saturated rings. The highest BCUT2D eigenvalue weighted by molar-refractivity contribution is 7.16. The maximum absolute atomic E-state index is 13.0. The first-order valence-electron chi connectivity index (χ1n) is 7.80. The molecule has 0 unspecified atom stereocenters. The number of pyridine rings is 1. The Morgan fingerprint density at radius 3 is 2.72 bits per heavy atom. The topological polar surface area (TPSA) is 33.2 Å². The zero-order valence-corrected chi connectivity index (χ0v) is 14.5. The van der Waals surface area contributed by atoms with Gasteiger partial charge in [-0.15, -0.1) is 11.3 Å². The second kappa shape index (κ2) is 7.85. The molecule has 0 saturated carbocycles. The summed E-state index contributed by atoms with van der Waals surface area (Å²) in [6.45, 7) is 0.516. The van der Waals surface area contributed by atoms with Crippen molar-refractivity contribution in [2.75, 3.05) is 7.05 Å². The first kappa shape index (κ1) is 17.0. The maximum Gasteiger partial charge on any atom is 0.246 e. The minimum atomic E-state index is -0.248. The summed E-state index contributed by atoms with van der Waals surface area (Å²) in [4.78, 5) is 19.9. The van der Waals surface area contributed by atoms with Crippen molar-refractivity contribution < 1.29 is 9.18 Å². The third kappa shape index (κ3) is 4.61. The van der Waals surface area contributed by atoms with Crippen LogP contribution in [0.5, 0.6) is 0 Å². The van der Waals surface area contributed by atoms with Crippen molar-refractivity contribution in [3.63, 3.8) is 0 Å². The minimum absolute atomic E-state index is 0.0689. The first-order valence-corrected chi connectivity index (χ1v) is 8.61. The van der Waals surface area contributed by atoms with Crippen molar-refractivity contribution in [3.8, 4) is 10.4 Å². The normalized spacial score (nSPS) is 11.0. The van der Waals surface area contributed by atoms with Crippen molar-refractivity contribution in [1.29, 1.82) is 0 Å². The van der Waals surface area contributed by atoms with Crippen molar-refractivity contribution >= 4 is 23.3 Å². The lowest BCUT2D eigenvalue weighted by atomic mass is 10.2. The van der Waals surface area contributed by atoms with Gasteiger partial charge < -0.3 is 4.90 Å². The van der Waals surface area contributed by atoms with Crippen LogP contribution in [0.1, 0.15) is 10.4 Å². The summed E-state index contributed by atoms with van der Waals surface area (Å²) in [5.41, 5.74) is 1.95. The van der Waals surface area contributed by atoms with Crippen molar-refractivity contribution in [1.82, 2.24) is 9.88 Å². The van der Waals surface area contributed by atoms with Crippen LogP contribution >= 0.6 is 11.3 Å². The fourth-order valence-corrected chi connectivity index (χ4v) is 3.25. The first-order chi connectivity index (χ1) is 12.1. The lowest BCUT2D eigenvalue weighted by Gasteiger charge is -2.14. The largest absolute Gasteiger partial charge is 0.338 e. The van der Waals surface area contributed by atoms with Crippen LogP contribution in [0.15, 0.2) is 67.0 Å². The Labute approximate surface area is 150 Å². The molecule has 2 heterocycles. The number of amides is 1. The number of aromatic nitrogens is 1. The average molecular weight is 352 g/mol. The predicted molar refractivity (Wildman–Crippen MR) is 99.5 cm³/mol. The van der Waals surface area contributed by atoms with E-state index in [1.807, 2.05) is 24.3 Å². The third-order valence-corrected chi connectivity index (χ3v) is 4.76. The Morgan fingerprint density at radius 1 is 1.20 bits per heavy atom. The van der Waals surface area contributed by atoms with Gasteiger partial charge in [0, 0.05) is 41.8 Å². The number of thiophene rings is 1. The molecular weight excluding hydrogens is 335 g/mol. The van der Waals surface area contributed by atoms with E-state index in [2.05, 4.69) is 4.98 Å². The van der Waals surface area contributed by atoms with Crippen LogP contribution < -0.4 is 0 Å². The molecule has 0 atom stereocenters. The molecule has 0 aliphatic carbocycles. The molecule has 0 saturated heterocycles. The van der Waals surface area contributed by atoms with Gasteiger partial charge in [-0.25, -0.2) is 4.39 Å². The van der Waals surface area contributed by atoms with Gasteiger partial charge in [-0.1, -0.05) is 18.2 Å². The second-order valence-electron chi connectivity index (χ2n) is 5.60. The Morgan fingerprint density at radius 2 is 2.00 bits per heavy atom. The van der Waals surface area contributed by atoms with Gasteiger partial charge in [-0.05, 0) is 47.5 Å². The third-order valence-electron chi connectivity index (χ3n) is 3.66. The van der Waals surface area contributed by atoms with E-state index in [9.17, 15) is 9.18 Å². The van der Waals surface area contributed by atoms with Gasteiger partial charge in [0.2, 0.25) is 5.91 Å². The van der Waals surface area contributed by atoms with Crippen LogP contribution in [0.2, 0.25) is 0 Å². The summed E-state index contributed by atoms with van der Waals surface area (Å²) < 4.78 is 13.0. The molecule has 2 aromatic heterocycles. The van der Waals surface area contributed by atoms with Crippen LogP contribution in [0, 0.1) is 5.82 Å². The van der Waals surface area contributed by atoms with Crippen molar-refractivity contribution in [2.45, 2.75) is 6.54 Å². The maximum atomic E-state index is 13.0. The summed E-state index contributed by atoms with van der Waals surface area (Å²) in [6, 6.07) is 14.1. The number of likely N-dealkylation sites (N-methyl/N-ethyl adjacent to an activating group) is 1. The fraction of sp³-hybridized carbons (Fsp3) is 0.100. The molecule has 126 valence electrons. The molecule has 3 rings (SSSR count). The monoisotopic (exact) mass is 352 g/mol. The standard InChI is InChI=1S/C20H17FN2OS/c1-23(14-15-3-2-12-22-13-15)20(24)11-9-18-8-10-19(25-18)16-4-6-17(21)7-5-16/h2-13H,14H2,1H3/b11-9+. The molecule has 3 aromatic rings. The fourth-order valence-electron chi connectivity index (χ4n) is 2.34. The van der Waals surface area contributed by atoms with Gasteiger partial charge in [0.05, 0.1) is 0 Å². The average Bonchev–Trinajstić information content (AvgIpc) is 3.10. The summed E-state index contributed by atoms with van der Waals surface area (Å²) in [6.07, 6.45) is 6.83. The number of nitrogens with zero attached hydrogens (tertiary/aromatic N) is 2. The molecule has 5 heteroatoms. The highest BCUT2D eigenvalue weighted by Gasteiger charge is 2.06. The van der Waals surface area contributed by atoms with E-state index in [-0.39, 0.29) is 11.7 Å². The van der Waals surface area contributed by atoms with E-state index in [0.717, 1.165) is 20.9 Å². The smallest absolute Gasteiger partial charge is 0.246 e. The van der Waals surface area contributed by atoms with E-state index < -0.39 is 0 Å². The Balaban J connectivity index is 1.63. The molecular formula is C20H17FN2OS. The van der Waals surface area contributed by atoms with Crippen LogP contribution in [0.4, 0.5) is 4.39 Å². The van der Waals surface area contributed by atoms with Gasteiger partial charge in [0.25, 0.3) is 0 Å². The summed E-state index contributed by atoms with van der Waals surface area (Å²) >= 11 is 1.56. The highest BCUT2D eigenvalue weighted by Crippen LogP contribution is 2.28. The zero-order valence-electron chi connectivity index (χ0n) is 13.7. The summed E-state index contributed by atoms with van der Waals surface area (Å²) in [5.74, 6) is -0.316. The van der Waals surface area contributed by atoms with E-state index in [4.69, 9.17) is 0 Å². The second-order valence-corrected chi connectivity index (χ2v) is 6.71. The lowest BCUT2D eigenvalue weighted by molar-refractivity contribution is -0.125. The van der Waals surface area contributed by atoms with Crippen LogP contribution in [0.25, 0.3) is 16.5 Å². The number of carbonyl (C=O) groups excluding carboxylic acids is 1. The van der Waals surface area contributed by atoms with E-state index in [1.54, 1.807) is 60.0 Å². The molecule has 1 amide bonds. The molecule has 3 nitrogen and oxygen atoms in total. The van der Waals surface area contributed by atoms with Crippen LogP contribution in [-0.2, 0) is 11.3 Å². The molecule has 0 N–H and O–H groups in total. The van der Waals surface area contributed by atoms with Gasteiger partial charge >= 0.3 is 0 Å². The van der Waals surface area contributed by atoms with Gasteiger partial charge in [0.15, 0.2) is 0 Å². The molecule has 0 aliphatic heterocycles. The molecule has 1 aromatic carbocycles. The van der Waals surface area contributed by atoms with E-state index >= 15 is 0 Å². The molecule has 0 bridgehead atoms. The number of halogens is 1. The number of rotatable bonds is 5. The lowest BCUT2D eigenvalue weighted by Crippen LogP contribution is -2.24. The number of benzene rings is 1. The summed E-state index contributed by atoms with van der Waals surface area (Å²) in [5, 5.41) is 0. The predicted octanol–water partition coefficient (Wildman–Crippen LogP) is 4.62. The Bertz CT molecular complexity index is 872. The van der Waals surface area contributed by atoms with Gasteiger partial charge in [0.1, 0.15) is 5.82 Å². The molecule has 0 spiro atoms. The molecule has 25 heavy (non-hydrogen) atoms. The van der Waals surface area contributed by atoms with Crippen LogP contribution in [-0.4, -0.2) is 22.8 Å². The Hall–Kier alpha value is -2.79. The van der Waals surface area contributed by atoms with E-state index in [1.165, 1.54) is 12.1 Å². The molecule has 0 radical (unpaired) electrons.